The number of hydrogen-bond acceptors (Lipinski definition) is 4. The third kappa shape index (κ3) is 4.42. The van der Waals surface area contributed by atoms with Crippen LogP contribution >= 0.6 is 12.2 Å². The smallest absolute Gasteiger partial charge is 0.229 e. The van der Waals surface area contributed by atoms with Gasteiger partial charge in [-0.1, -0.05) is 12.1 Å². The summed E-state index contributed by atoms with van der Waals surface area (Å²) in [6, 6.07) is 7.51. The van der Waals surface area contributed by atoms with Crippen LogP contribution in [0.1, 0.15) is 31.9 Å². The van der Waals surface area contributed by atoms with Gasteiger partial charge in [-0.3, -0.25) is 10.1 Å². The molecule has 0 aromatic heterocycles. The molecule has 0 spiro atoms. The number of nitrogens with zero attached hydrogens (tertiary/aromatic N) is 1. The molecule has 6 nitrogen and oxygen atoms in total. The molecule has 0 saturated heterocycles. The molecule has 0 radical (unpaired) electrons. The Morgan fingerprint density at radius 1 is 1.41 bits per heavy atom. The Bertz CT molecular complexity index is 584. The molecule has 3 N–H and O–H groups in total. The van der Waals surface area contributed by atoms with Crippen molar-refractivity contribution in [2.75, 3.05) is 7.11 Å². The fourth-order valence-electron chi connectivity index (χ4n) is 2.08. The molecule has 118 valence electrons. The summed E-state index contributed by atoms with van der Waals surface area (Å²) in [5, 5.41) is 9.09. The average Bonchev–Trinajstić information content (AvgIpc) is 2.45. The monoisotopic (exact) mass is 320 g/mol. The van der Waals surface area contributed by atoms with Gasteiger partial charge in [0, 0.05) is 6.04 Å². The second-order valence-electron chi connectivity index (χ2n) is 5.27. The third-order valence-electron chi connectivity index (χ3n) is 3.07. The molecule has 7 heteroatoms. The number of methoxy groups -OCH3 is 1. The minimum atomic E-state index is -0.232. The van der Waals surface area contributed by atoms with E-state index in [1.165, 1.54) is 0 Å². The summed E-state index contributed by atoms with van der Waals surface area (Å²) in [5.41, 5.74) is 0.956. The molecule has 1 amide bonds. The average molecular weight is 320 g/mol. The van der Waals surface area contributed by atoms with Crippen LogP contribution in [0.4, 0.5) is 0 Å². The molecule has 2 rings (SSSR count). The molecule has 1 aliphatic heterocycles. The number of guanidine groups is 1. The zero-order valence-electron chi connectivity index (χ0n) is 12.8. The minimum Gasteiger partial charge on any atom is -0.497 e. The molecule has 0 aliphatic carbocycles. The molecular formula is C15H20N4O2S. The minimum absolute atomic E-state index is 0.0920. The zero-order chi connectivity index (χ0) is 16.1. The summed E-state index contributed by atoms with van der Waals surface area (Å²) < 4.78 is 5.14. The number of carbonyl (C=O) groups excluding carboxylic acids is 1. The van der Waals surface area contributed by atoms with Gasteiger partial charge in [-0.25, -0.2) is 4.99 Å². The van der Waals surface area contributed by atoms with Crippen LogP contribution in [0.5, 0.6) is 5.75 Å². The van der Waals surface area contributed by atoms with Crippen molar-refractivity contribution in [1.82, 2.24) is 16.0 Å². The number of benzene rings is 1. The van der Waals surface area contributed by atoms with E-state index in [1.807, 2.05) is 38.1 Å². The fraction of sp³-hybridized carbons (Fsp3) is 0.400. The molecule has 1 heterocycles. The number of aliphatic imine (C=N–C) groups is 1. The SMILES string of the molecule is COc1ccc(C2CC(=O)NC(NC(=S)NC(C)C)=N2)cc1. The van der Waals surface area contributed by atoms with Gasteiger partial charge in [0.15, 0.2) is 5.11 Å². The fourth-order valence-corrected chi connectivity index (χ4v) is 2.41. The highest BCUT2D eigenvalue weighted by molar-refractivity contribution is 7.80. The zero-order valence-corrected chi connectivity index (χ0v) is 13.7. The number of amides is 1. The topological polar surface area (TPSA) is 74.8 Å². The van der Waals surface area contributed by atoms with Crippen LogP contribution in [0.3, 0.4) is 0 Å². The Labute approximate surface area is 135 Å². The maximum atomic E-state index is 11.9. The lowest BCUT2D eigenvalue weighted by atomic mass is 10.0. The molecule has 0 fully saturated rings. The Morgan fingerprint density at radius 3 is 2.68 bits per heavy atom. The van der Waals surface area contributed by atoms with Crippen molar-refractivity contribution in [3.8, 4) is 5.75 Å². The van der Waals surface area contributed by atoms with Gasteiger partial charge >= 0.3 is 0 Å². The maximum absolute atomic E-state index is 11.9. The van der Waals surface area contributed by atoms with Gasteiger partial charge in [-0.15, -0.1) is 0 Å². The van der Waals surface area contributed by atoms with Gasteiger partial charge < -0.3 is 15.4 Å². The van der Waals surface area contributed by atoms with E-state index in [4.69, 9.17) is 17.0 Å². The largest absolute Gasteiger partial charge is 0.497 e. The van der Waals surface area contributed by atoms with Crippen LogP contribution in [0.25, 0.3) is 0 Å². The number of rotatable bonds is 3. The Morgan fingerprint density at radius 2 is 2.09 bits per heavy atom. The van der Waals surface area contributed by atoms with Crippen LogP contribution in [0.2, 0.25) is 0 Å². The first-order chi connectivity index (χ1) is 10.5. The van der Waals surface area contributed by atoms with Crippen LogP contribution in [-0.4, -0.2) is 30.1 Å². The number of ether oxygens (including phenoxy) is 1. The number of carbonyl (C=O) groups is 1. The van der Waals surface area contributed by atoms with E-state index in [-0.39, 0.29) is 18.0 Å². The van der Waals surface area contributed by atoms with E-state index in [0.29, 0.717) is 17.5 Å². The van der Waals surface area contributed by atoms with Gasteiger partial charge in [-0.2, -0.15) is 0 Å². The summed E-state index contributed by atoms with van der Waals surface area (Å²) in [4.78, 5) is 16.4. The normalized spacial score (nSPS) is 17.5. The Balaban J connectivity index is 2.12. The molecule has 22 heavy (non-hydrogen) atoms. The lowest BCUT2D eigenvalue weighted by Crippen LogP contribution is -2.51. The van der Waals surface area contributed by atoms with Crippen molar-refractivity contribution in [2.45, 2.75) is 32.4 Å². The Kier molecular flexibility index (Phi) is 5.32. The first-order valence-corrected chi connectivity index (χ1v) is 7.48. The van der Waals surface area contributed by atoms with Gasteiger partial charge in [0.25, 0.3) is 0 Å². The standard InChI is InChI=1S/C15H20N4O2S/c1-9(2)16-15(22)19-14-17-12(8-13(20)18-14)10-4-6-11(21-3)7-5-10/h4-7,9,12H,8H2,1-3H3,(H3,16,17,18,19,20,22). The van der Waals surface area contributed by atoms with Crippen molar-refractivity contribution in [3.63, 3.8) is 0 Å². The van der Waals surface area contributed by atoms with E-state index in [2.05, 4.69) is 20.9 Å². The molecule has 0 saturated carbocycles. The first-order valence-electron chi connectivity index (χ1n) is 7.07. The second-order valence-corrected chi connectivity index (χ2v) is 5.68. The summed E-state index contributed by atoms with van der Waals surface area (Å²) in [6.07, 6.45) is 0.307. The van der Waals surface area contributed by atoms with Crippen LogP contribution in [0, 0.1) is 0 Å². The van der Waals surface area contributed by atoms with Gasteiger partial charge in [-0.05, 0) is 43.8 Å². The van der Waals surface area contributed by atoms with Crippen LogP contribution in [-0.2, 0) is 4.79 Å². The van der Waals surface area contributed by atoms with Crippen molar-refractivity contribution >= 4 is 29.2 Å². The summed E-state index contributed by atoms with van der Waals surface area (Å²) in [5.74, 6) is 1.05. The molecule has 1 aromatic rings. The van der Waals surface area contributed by atoms with E-state index in [1.54, 1.807) is 7.11 Å². The van der Waals surface area contributed by atoms with E-state index < -0.39 is 0 Å². The lowest BCUT2D eigenvalue weighted by Gasteiger charge is -2.23. The molecule has 1 unspecified atom stereocenters. The summed E-state index contributed by atoms with van der Waals surface area (Å²) in [7, 11) is 1.62. The number of nitrogens with one attached hydrogen (secondary N) is 3. The Hall–Kier alpha value is -2.15. The quantitative estimate of drug-likeness (QED) is 0.736. The second kappa shape index (κ2) is 7.22. The number of hydrogen-bond donors (Lipinski definition) is 3. The van der Waals surface area contributed by atoms with E-state index in [9.17, 15) is 4.79 Å². The van der Waals surface area contributed by atoms with Crippen molar-refractivity contribution in [1.29, 1.82) is 0 Å². The van der Waals surface area contributed by atoms with Crippen molar-refractivity contribution in [2.24, 2.45) is 4.99 Å². The predicted molar refractivity (Wildman–Crippen MR) is 89.9 cm³/mol. The number of thiocarbonyl (C=S) groups is 1. The maximum Gasteiger partial charge on any atom is 0.229 e. The van der Waals surface area contributed by atoms with Gasteiger partial charge in [0.2, 0.25) is 11.9 Å². The highest BCUT2D eigenvalue weighted by Crippen LogP contribution is 2.25. The molecule has 1 atom stereocenters. The molecule has 0 bridgehead atoms. The van der Waals surface area contributed by atoms with Gasteiger partial charge in [0.1, 0.15) is 5.75 Å². The first kappa shape index (κ1) is 16.2. The highest BCUT2D eigenvalue weighted by Gasteiger charge is 2.23. The lowest BCUT2D eigenvalue weighted by molar-refractivity contribution is -0.120. The molecule has 1 aromatic carbocycles. The van der Waals surface area contributed by atoms with E-state index in [0.717, 1.165) is 11.3 Å². The van der Waals surface area contributed by atoms with E-state index >= 15 is 0 Å². The van der Waals surface area contributed by atoms with Crippen LogP contribution < -0.4 is 20.7 Å². The van der Waals surface area contributed by atoms with Crippen molar-refractivity contribution in [3.05, 3.63) is 29.8 Å². The van der Waals surface area contributed by atoms with Gasteiger partial charge in [0.05, 0.1) is 19.6 Å². The molecule has 1 aliphatic rings. The predicted octanol–water partition coefficient (Wildman–Crippen LogP) is 1.48. The highest BCUT2D eigenvalue weighted by atomic mass is 32.1. The van der Waals surface area contributed by atoms with Crippen molar-refractivity contribution < 1.29 is 9.53 Å². The van der Waals surface area contributed by atoms with Crippen LogP contribution in [0.15, 0.2) is 29.3 Å². The third-order valence-corrected chi connectivity index (χ3v) is 3.29. The summed E-state index contributed by atoms with van der Waals surface area (Å²) >= 11 is 5.17. The molecular weight excluding hydrogens is 300 g/mol. The summed E-state index contributed by atoms with van der Waals surface area (Å²) in [6.45, 7) is 3.96.